The molecule has 0 aromatic carbocycles. The van der Waals surface area contributed by atoms with Crippen LogP contribution in [0.5, 0.6) is 0 Å². The average Bonchev–Trinajstić information content (AvgIpc) is 2.61. The summed E-state index contributed by atoms with van der Waals surface area (Å²) in [5, 5.41) is 0. The van der Waals surface area contributed by atoms with Crippen LogP contribution in [0.25, 0.3) is 6.08 Å². The molecule has 0 fully saturated rings. The predicted octanol–water partition coefficient (Wildman–Crippen LogP) is 3.27. The lowest BCUT2D eigenvalue weighted by Crippen LogP contribution is -2.11. The number of ether oxygens (including phenoxy) is 1. The Bertz CT molecular complexity index is 348. The Hall–Kier alpha value is -1.51. The van der Waals surface area contributed by atoms with E-state index in [1.54, 1.807) is 12.1 Å². The van der Waals surface area contributed by atoms with Gasteiger partial charge in [-0.2, -0.15) is 0 Å². The minimum atomic E-state index is -0.338. The maximum absolute atomic E-state index is 11.6. The van der Waals surface area contributed by atoms with E-state index < -0.39 is 0 Å². The Balaban J connectivity index is 2.80. The van der Waals surface area contributed by atoms with Gasteiger partial charge in [-0.3, -0.25) is 0 Å². The molecule has 0 unspecified atom stereocenters. The molecule has 0 saturated carbocycles. The number of allylic oxidation sites excluding steroid dienone is 1. The fraction of sp³-hybridized carbons (Fsp3) is 0.417. The van der Waals surface area contributed by atoms with Gasteiger partial charge < -0.3 is 9.15 Å². The van der Waals surface area contributed by atoms with Crippen LogP contribution < -0.4 is 0 Å². The Morgan fingerprint density at radius 1 is 1.60 bits per heavy atom. The van der Waals surface area contributed by atoms with E-state index >= 15 is 0 Å². The fourth-order valence-corrected chi connectivity index (χ4v) is 1.12. The molecule has 15 heavy (non-hydrogen) atoms. The summed E-state index contributed by atoms with van der Waals surface area (Å²) >= 11 is 0. The summed E-state index contributed by atoms with van der Waals surface area (Å²) in [6, 6.07) is 1.63. The molecule has 1 heterocycles. The van der Waals surface area contributed by atoms with Gasteiger partial charge in [-0.15, -0.1) is 0 Å². The zero-order valence-electron chi connectivity index (χ0n) is 9.32. The standard InChI is InChI=1S/C12H16O3/c1-4-5-6-11-10(7-8-14-11)12(13)15-9(2)3/h5-9H,4H2,1-3H3/b6-5+. The number of hydrogen-bond acceptors (Lipinski definition) is 3. The minimum Gasteiger partial charge on any atom is -0.464 e. The van der Waals surface area contributed by atoms with Crippen LogP contribution in [-0.2, 0) is 4.74 Å². The van der Waals surface area contributed by atoms with Crippen molar-refractivity contribution in [1.82, 2.24) is 0 Å². The lowest BCUT2D eigenvalue weighted by molar-refractivity contribution is 0.0377. The van der Waals surface area contributed by atoms with Crippen LogP contribution >= 0.6 is 0 Å². The molecule has 0 aliphatic rings. The van der Waals surface area contributed by atoms with E-state index in [0.717, 1.165) is 6.42 Å². The molecule has 0 amide bonds. The van der Waals surface area contributed by atoms with Crippen molar-refractivity contribution < 1.29 is 13.9 Å². The fourth-order valence-electron chi connectivity index (χ4n) is 1.12. The van der Waals surface area contributed by atoms with Gasteiger partial charge in [0.05, 0.1) is 12.4 Å². The first-order chi connectivity index (χ1) is 7.15. The van der Waals surface area contributed by atoms with E-state index in [0.29, 0.717) is 11.3 Å². The zero-order valence-corrected chi connectivity index (χ0v) is 9.32. The SMILES string of the molecule is CC/C=C/c1occc1C(=O)OC(C)C. The second kappa shape index (κ2) is 5.39. The number of hydrogen-bond donors (Lipinski definition) is 0. The highest BCUT2D eigenvalue weighted by Crippen LogP contribution is 2.14. The largest absolute Gasteiger partial charge is 0.464 e. The van der Waals surface area contributed by atoms with E-state index in [1.807, 2.05) is 26.8 Å². The molecular formula is C12H16O3. The van der Waals surface area contributed by atoms with Crippen LogP contribution in [0.1, 0.15) is 43.3 Å². The second-order valence-corrected chi connectivity index (χ2v) is 3.46. The Kier molecular flexibility index (Phi) is 4.16. The third-order valence-electron chi connectivity index (χ3n) is 1.76. The van der Waals surface area contributed by atoms with Crippen LogP contribution in [0.3, 0.4) is 0 Å². The first-order valence-corrected chi connectivity index (χ1v) is 5.10. The van der Waals surface area contributed by atoms with Gasteiger partial charge in [-0.1, -0.05) is 13.0 Å². The Labute approximate surface area is 89.7 Å². The van der Waals surface area contributed by atoms with Crippen LogP contribution in [0.4, 0.5) is 0 Å². The van der Waals surface area contributed by atoms with Crippen LogP contribution in [0, 0.1) is 0 Å². The molecule has 82 valence electrons. The van der Waals surface area contributed by atoms with E-state index in [2.05, 4.69) is 0 Å². The molecule has 0 saturated heterocycles. The number of esters is 1. The summed E-state index contributed by atoms with van der Waals surface area (Å²) < 4.78 is 10.3. The molecule has 0 aliphatic carbocycles. The quantitative estimate of drug-likeness (QED) is 0.713. The van der Waals surface area contributed by atoms with Crippen molar-refractivity contribution in [3.8, 4) is 0 Å². The second-order valence-electron chi connectivity index (χ2n) is 3.46. The van der Waals surface area contributed by atoms with E-state index in [9.17, 15) is 4.79 Å². The van der Waals surface area contributed by atoms with Crippen molar-refractivity contribution in [2.45, 2.75) is 33.3 Å². The zero-order chi connectivity index (χ0) is 11.3. The van der Waals surface area contributed by atoms with Crippen molar-refractivity contribution in [2.24, 2.45) is 0 Å². The van der Waals surface area contributed by atoms with Crippen molar-refractivity contribution >= 4 is 12.0 Å². The summed E-state index contributed by atoms with van der Waals surface area (Å²) in [6.45, 7) is 5.66. The smallest absolute Gasteiger partial charge is 0.342 e. The van der Waals surface area contributed by atoms with Gasteiger partial charge in [0.2, 0.25) is 0 Å². The number of furan rings is 1. The monoisotopic (exact) mass is 208 g/mol. The average molecular weight is 208 g/mol. The predicted molar refractivity (Wildman–Crippen MR) is 58.6 cm³/mol. The van der Waals surface area contributed by atoms with Gasteiger partial charge in [-0.05, 0) is 32.4 Å². The summed E-state index contributed by atoms with van der Waals surface area (Å²) in [5.74, 6) is 0.219. The molecule has 0 aliphatic heterocycles. The van der Waals surface area contributed by atoms with Crippen molar-refractivity contribution in [3.63, 3.8) is 0 Å². The first kappa shape index (κ1) is 11.6. The highest BCUT2D eigenvalue weighted by atomic mass is 16.5. The molecule has 1 rings (SSSR count). The molecule has 3 heteroatoms. The highest BCUT2D eigenvalue weighted by Gasteiger charge is 2.14. The number of carbonyl (C=O) groups excluding carboxylic acids is 1. The maximum atomic E-state index is 11.6. The number of carbonyl (C=O) groups is 1. The molecular weight excluding hydrogens is 192 g/mol. The van der Waals surface area contributed by atoms with Gasteiger partial charge in [0, 0.05) is 0 Å². The lowest BCUT2D eigenvalue weighted by atomic mass is 10.2. The van der Waals surface area contributed by atoms with E-state index in [4.69, 9.17) is 9.15 Å². The molecule has 0 radical (unpaired) electrons. The summed E-state index contributed by atoms with van der Waals surface area (Å²) in [5.41, 5.74) is 0.480. The third kappa shape index (κ3) is 3.27. The van der Waals surface area contributed by atoms with E-state index in [-0.39, 0.29) is 12.1 Å². The molecule has 1 aromatic heterocycles. The molecule has 0 atom stereocenters. The summed E-state index contributed by atoms with van der Waals surface area (Å²) in [4.78, 5) is 11.6. The highest BCUT2D eigenvalue weighted by molar-refractivity contribution is 5.92. The first-order valence-electron chi connectivity index (χ1n) is 5.10. The normalized spacial score (nSPS) is 11.2. The molecule has 0 spiro atoms. The van der Waals surface area contributed by atoms with Crippen LogP contribution in [0.2, 0.25) is 0 Å². The molecule has 0 N–H and O–H groups in total. The van der Waals surface area contributed by atoms with Crippen LogP contribution in [-0.4, -0.2) is 12.1 Å². The summed E-state index contributed by atoms with van der Waals surface area (Å²) in [7, 11) is 0. The van der Waals surface area contributed by atoms with Gasteiger partial charge in [0.25, 0.3) is 0 Å². The maximum Gasteiger partial charge on any atom is 0.342 e. The molecule has 0 bridgehead atoms. The van der Waals surface area contributed by atoms with Crippen molar-refractivity contribution in [3.05, 3.63) is 29.7 Å². The summed E-state index contributed by atoms with van der Waals surface area (Å²) in [6.07, 6.45) is 6.00. The lowest BCUT2D eigenvalue weighted by Gasteiger charge is -2.06. The van der Waals surface area contributed by atoms with Crippen LogP contribution in [0.15, 0.2) is 22.8 Å². The topological polar surface area (TPSA) is 39.4 Å². The molecule has 3 nitrogen and oxygen atoms in total. The minimum absolute atomic E-state index is 0.115. The van der Waals surface area contributed by atoms with Gasteiger partial charge >= 0.3 is 5.97 Å². The van der Waals surface area contributed by atoms with Crippen molar-refractivity contribution in [1.29, 1.82) is 0 Å². The van der Waals surface area contributed by atoms with Gasteiger partial charge in [0.1, 0.15) is 11.3 Å². The van der Waals surface area contributed by atoms with Crippen molar-refractivity contribution in [2.75, 3.05) is 0 Å². The Morgan fingerprint density at radius 2 is 2.33 bits per heavy atom. The third-order valence-corrected chi connectivity index (χ3v) is 1.76. The number of rotatable bonds is 4. The van der Waals surface area contributed by atoms with Gasteiger partial charge in [0.15, 0.2) is 0 Å². The Morgan fingerprint density at radius 3 is 2.93 bits per heavy atom. The molecule has 1 aromatic rings. The van der Waals surface area contributed by atoms with Gasteiger partial charge in [-0.25, -0.2) is 4.79 Å². The van der Waals surface area contributed by atoms with E-state index in [1.165, 1.54) is 6.26 Å².